The summed E-state index contributed by atoms with van der Waals surface area (Å²) < 4.78 is 44.2. The fraction of sp³-hybridized carbons (Fsp3) is 0.375. The second-order valence-electron chi connectivity index (χ2n) is 5.98. The van der Waals surface area contributed by atoms with E-state index in [1.54, 1.807) is 26.8 Å². The zero-order valence-corrected chi connectivity index (χ0v) is 14.3. The van der Waals surface area contributed by atoms with Crippen LogP contribution in [0.3, 0.4) is 0 Å². The molecule has 1 N–H and O–H groups in total. The van der Waals surface area contributed by atoms with Crippen LogP contribution in [-0.4, -0.2) is 31.1 Å². The molecule has 3 aromatic rings. The van der Waals surface area contributed by atoms with E-state index in [0.29, 0.717) is 22.5 Å². The minimum atomic E-state index is -4.36. The Hall–Kier alpha value is -2.91. The van der Waals surface area contributed by atoms with Crippen molar-refractivity contribution >= 4 is 0 Å². The number of H-pyrrole nitrogens is 1. The molecule has 0 saturated heterocycles. The summed E-state index contributed by atoms with van der Waals surface area (Å²) in [5, 5.41) is 7.86. The van der Waals surface area contributed by atoms with Gasteiger partial charge in [-0.05, 0) is 26.8 Å². The van der Waals surface area contributed by atoms with Gasteiger partial charge in [-0.3, -0.25) is 9.48 Å². The summed E-state index contributed by atoms with van der Waals surface area (Å²) in [4.78, 5) is 17.9. The fourth-order valence-corrected chi connectivity index (χ4v) is 2.86. The number of aryl methyl sites for hydroxylation is 1. The van der Waals surface area contributed by atoms with Crippen LogP contribution < -0.4 is 5.56 Å². The monoisotopic (exact) mass is 367 g/mol. The third-order valence-corrected chi connectivity index (χ3v) is 4.05. The highest BCUT2D eigenvalue weighted by atomic mass is 19.4. The van der Waals surface area contributed by atoms with E-state index in [1.807, 2.05) is 0 Å². The molecular weight excluding hydrogens is 351 g/mol. The Morgan fingerprint density at radius 3 is 2.65 bits per heavy atom. The molecule has 26 heavy (non-hydrogen) atoms. The summed E-state index contributed by atoms with van der Waals surface area (Å²) in [5.41, 5.74) is 1.80. The number of alkyl halides is 3. The molecule has 3 rings (SSSR count). The summed E-state index contributed by atoms with van der Waals surface area (Å²) in [7, 11) is 0. The van der Waals surface area contributed by atoms with Crippen molar-refractivity contribution in [2.45, 2.75) is 39.4 Å². The largest absolute Gasteiger partial charge is 0.408 e. The van der Waals surface area contributed by atoms with Gasteiger partial charge in [-0.25, -0.2) is 0 Å². The van der Waals surface area contributed by atoms with E-state index in [1.165, 1.54) is 12.3 Å². The van der Waals surface area contributed by atoms with Crippen LogP contribution in [0.15, 0.2) is 27.6 Å². The van der Waals surface area contributed by atoms with Gasteiger partial charge in [0.05, 0.1) is 11.6 Å². The first kappa shape index (κ1) is 17.9. The smallest absolute Gasteiger partial charge is 0.338 e. The second kappa shape index (κ2) is 6.43. The van der Waals surface area contributed by atoms with E-state index < -0.39 is 18.6 Å². The molecule has 0 aliphatic carbocycles. The average molecular weight is 367 g/mol. The number of halogens is 3. The Bertz CT molecular complexity index is 966. The van der Waals surface area contributed by atoms with Gasteiger partial charge in [0.1, 0.15) is 6.54 Å². The van der Waals surface area contributed by atoms with Crippen LogP contribution in [0.2, 0.25) is 0 Å². The van der Waals surface area contributed by atoms with Crippen molar-refractivity contribution in [1.82, 2.24) is 24.9 Å². The fourth-order valence-electron chi connectivity index (χ4n) is 2.86. The summed E-state index contributed by atoms with van der Waals surface area (Å²) >= 11 is 0. The van der Waals surface area contributed by atoms with E-state index in [9.17, 15) is 18.0 Å². The van der Waals surface area contributed by atoms with Crippen molar-refractivity contribution in [1.29, 1.82) is 0 Å². The molecule has 0 spiro atoms. The molecule has 0 aliphatic heterocycles. The van der Waals surface area contributed by atoms with Gasteiger partial charge >= 0.3 is 6.18 Å². The Morgan fingerprint density at radius 1 is 1.31 bits per heavy atom. The highest BCUT2D eigenvalue weighted by molar-refractivity contribution is 5.52. The minimum absolute atomic E-state index is 0.254. The normalized spacial score (nSPS) is 13.2. The lowest BCUT2D eigenvalue weighted by molar-refractivity contribution is -0.142. The number of hydrogen-bond acceptors (Lipinski definition) is 5. The molecule has 1 unspecified atom stereocenters. The van der Waals surface area contributed by atoms with Crippen LogP contribution in [0.25, 0.3) is 11.4 Å². The van der Waals surface area contributed by atoms with Gasteiger partial charge in [0.25, 0.3) is 0 Å². The number of rotatable bonds is 4. The van der Waals surface area contributed by atoms with Gasteiger partial charge in [-0.2, -0.15) is 23.3 Å². The maximum absolute atomic E-state index is 12.7. The van der Waals surface area contributed by atoms with Crippen molar-refractivity contribution < 1.29 is 17.7 Å². The van der Waals surface area contributed by atoms with Crippen LogP contribution in [0.5, 0.6) is 0 Å². The van der Waals surface area contributed by atoms with Crippen molar-refractivity contribution in [3.8, 4) is 11.4 Å². The van der Waals surface area contributed by atoms with E-state index in [2.05, 4.69) is 20.2 Å². The van der Waals surface area contributed by atoms with Gasteiger partial charge in [0, 0.05) is 29.1 Å². The predicted octanol–water partition coefficient (Wildman–Crippen LogP) is 2.95. The first-order chi connectivity index (χ1) is 12.2. The van der Waals surface area contributed by atoms with Gasteiger partial charge in [-0.1, -0.05) is 5.16 Å². The zero-order chi connectivity index (χ0) is 19.1. The van der Waals surface area contributed by atoms with E-state index >= 15 is 0 Å². The molecule has 0 aromatic carbocycles. The number of hydrogen-bond donors (Lipinski definition) is 1. The van der Waals surface area contributed by atoms with E-state index in [-0.39, 0.29) is 17.3 Å². The van der Waals surface area contributed by atoms with Gasteiger partial charge in [-0.15, -0.1) is 0 Å². The lowest BCUT2D eigenvalue weighted by Gasteiger charge is -2.10. The van der Waals surface area contributed by atoms with Gasteiger partial charge < -0.3 is 9.51 Å². The summed E-state index contributed by atoms with van der Waals surface area (Å²) in [6.07, 6.45) is -2.90. The van der Waals surface area contributed by atoms with E-state index in [0.717, 1.165) is 4.68 Å². The lowest BCUT2D eigenvalue weighted by atomic mass is 9.99. The van der Waals surface area contributed by atoms with Crippen LogP contribution in [0.1, 0.15) is 35.7 Å². The molecule has 0 bridgehead atoms. The van der Waals surface area contributed by atoms with Crippen molar-refractivity contribution in [2.75, 3.05) is 0 Å². The molecule has 0 fully saturated rings. The standard InChI is InChI=1S/C16H16F3N5O2/c1-8(13-9(2)22-24(10(13)3)7-16(17,18)19)15-21-14(23-26-15)11-4-5-12(25)20-6-11/h4-6,8H,7H2,1-3H3,(H,20,25). The Kier molecular flexibility index (Phi) is 4.43. The van der Waals surface area contributed by atoms with Crippen LogP contribution in [0, 0.1) is 13.8 Å². The molecule has 10 heteroatoms. The molecule has 7 nitrogen and oxygen atoms in total. The number of pyridine rings is 1. The SMILES string of the molecule is Cc1nn(CC(F)(F)F)c(C)c1C(C)c1nc(-c2ccc(=O)[nH]c2)no1. The number of nitrogens with one attached hydrogen (secondary N) is 1. The summed E-state index contributed by atoms with van der Waals surface area (Å²) in [5.74, 6) is 0.103. The molecule has 0 radical (unpaired) electrons. The maximum Gasteiger partial charge on any atom is 0.408 e. The lowest BCUT2D eigenvalue weighted by Crippen LogP contribution is -2.19. The first-order valence-electron chi connectivity index (χ1n) is 7.79. The molecule has 0 amide bonds. The topological polar surface area (TPSA) is 89.6 Å². The third-order valence-electron chi connectivity index (χ3n) is 4.05. The van der Waals surface area contributed by atoms with Crippen LogP contribution in [0.4, 0.5) is 13.2 Å². The zero-order valence-electron chi connectivity index (χ0n) is 14.3. The Morgan fingerprint density at radius 2 is 2.04 bits per heavy atom. The highest BCUT2D eigenvalue weighted by Crippen LogP contribution is 2.30. The van der Waals surface area contributed by atoms with Crippen molar-refractivity contribution in [3.05, 3.63) is 51.5 Å². The van der Waals surface area contributed by atoms with Crippen LogP contribution in [-0.2, 0) is 6.54 Å². The van der Waals surface area contributed by atoms with E-state index in [4.69, 9.17) is 4.52 Å². The Balaban J connectivity index is 1.92. The third kappa shape index (κ3) is 3.53. The van der Waals surface area contributed by atoms with Crippen molar-refractivity contribution in [2.24, 2.45) is 0 Å². The van der Waals surface area contributed by atoms with Crippen LogP contribution >= 0.6 is 0 Å². The number of nitrogens with zero attached hydrogens (tertiary/aromatic N) is 4. The summed E-state index contributed by atoms with van der Waals surface area (Å²) in [6, 6.07) is 2.89. The number of aromatic amines is 1. The molecular formula is C16H16F3N5O2. The number of aromatic nitrogens is 5. The predicted molar refractivity (Wildman–Crippen MR) is 85.6 cm³/mol. The molecule has 138 valence electrons. The molecule has 3 heterocycles. The minimum Gasteiger partial charge on any atom is -0.338 e. The van der Waals surface area contributed by atoms with Crippen molar-refractivity contribution in [3.63, 3.8) is 0 Å². The average Bonchev–Trinajstić information content (AvgIpc) is 3.12. The molecule has 3 aromatic heterocycles. The molecule has 0 saturated carbocycles. The quantitative estimate of drug-likeness (QED) is 0.766. The molecule has 0 aliphatic rings. The first-order valence-corrected chi connectivity index (χ1v) is 7.79. The summed E-state index contributed by atoms with van der Waals surface area (Å²) in [6.45, 7) is 3.83. The van der Waals surface area contributed by atoms with Gasteiger partial charge in [0.15, 0.2) is 0 Å². The maximum atomic E-state index is 12.7. The highest BCUT2D eigenvalue weighted by Gasteiger charge is 2.31. The van der Waals surface area contributed by atoms with Gasteiger partial charge in [0.2, 0.25) is 17.3 Å². The Labute approximate surface area is 145 Å². The second-order valence-corrected chi connectivity index (χ2v) is 5.98. The molecule has 1 atom stereocenters.